The summed E-state index contributed by atoms with van der Waals surface area (Å²) >= 11 is 0. The number of nitrogens with zero attached hydrogens (tertiary/aromatic N) is 2. The third-order valence-electron chi connectivity index (χ3n) is 5.28. The van der Waals surface area contributed by atoms with Gasteiger partial charge in [-0.2, -0.15) is 5.10 Å². The van der Waals surface area contributed by atoms with Crippen molar-refractivity contribution in [2.45, 2.75) is 19.9 Å². The highest BCUT2D eigenvalue weighted by molar-refractivity contribution is 6.00. The lowest BCUT2D eigenvalue weighted by Crippen LogP contribution is -2.26. The molecule has 4 aromatic rings. The lowest BCUT2D eigenvalue weighted by atomic mass is 9.98. The van der Waals surface area contributed by atoms with Gasteiger partial charge in [0.2, 0.25) is 0 Å². The molecule has 1 aromatic heterocycles. The molecule has 0 aliphatic rings. The van der Waals surface area contributed by atoms with Crippen molar-refractivity contribution in [1.29, 1.82) is 0 Å². The van der Waals surface area contributed by atoms with Gasteiger partial charge in [-0.15, -0.1) is 0 Å². The maximum Gasteiger partial charge on any atom is 0.251 e. The molecule has 0 radical (unpaired) electrons. The van der Waals surface area contributed by atoms with Crippen LogP contribution < -0.4 is 5.32 Å². The molecule has 0 saturated carbocycles. The molecule has 0 atom stereocenters. The van der Waals surface area contributed by atoms with E-state index in [2.05, 4.69) is 53.7 Å². The van der Waals surface area contributed by atoms with Gasteiger partial charge in [-0.3, -0.25) is 9.48 Å². The SMILES string of the molecule is Cc1ccccc1CCNC(=O)c1ccccc1-c1ccc(Cn2cccn2)cc1. The van der Waals surface area contributed by atoms with Crippen LogP contribution in [0.4, 0.5) is 0 Å². The van der Waals surface area contributed by atoms with E-state index in [0.717, 1.165) is 24.1 Å². The Kier molecular flexibility index (Phi) is 6.04. The second-order valence-electron chi connectivity index (χ2n) is 7.38. The zero-order valence-electron chi connectivity index (χ0n) is 17.1. The molecule has 4 heteroatoms. The third-order valence-corrected chi connectivity index (χ3v) is 5.28. The lowest BCUT2D eigenvalue weighted by molar-refractivity contribution is 0.0955. The summed E-state index contributed by atoms with van der Waals surface area (Å²) in [5.74, 6) is -0.0419. The summed E-state index contributed by atoms with van der Waals surface area (Å²) in [6.45, 7) is 3.44. The highest BCUT2D eigenvalue weighted by atomic mass is 16.1. The topological polar surface area (TPSA) is 46.9 Å². The molecule has 1 N–H and O–H groups in total. The Hall–Kier alpha value is -3.66. The van der Waals surface area contributed by atoms with E-state index >= 15 is 0 Å². The van der Waals surface area contributed by atoms with Gasteiger partial charge in [-0.25, -0.2) is 0 Å². The zero-order valence-corrected chi connectivity index (χ0v) is 17.1. The maximum absolute atomic E-state index is 12.9. The van der Waals surface area contributed by atoms with Crippen LogP contribution in [-0.4, -0.2) is 22.2 Å². The molecular weight excluding hydrogens is 370 g/mol. The first-order chi connectivity index (χ1) is 14.7. The van der Waals surface area contributed by atoms with Gasteiger partial charge in [0.1, 0.15) is 0 Å². The van der Waals surface area contributed by atoms with Crippen molar-refractivity contribution < 1.29 is 4.79 Å². The van der Waals surface area contributed by atoms with Crippen LogP contribution in [0.15, 0.2) is 91.3 Å². The van der Waals surface area contributed by atoms with E-state index in [1.807, 2.05) is 53.3 Å². The minimum atomic E-state index is -0.0419. The molecule has 0 aliphatic heterocycles. The number of nitrogens with one attached hydrogen (secondary N) is 1. The Bertz CT molecular complexity index is 1120. The molecule has 150 valence electrons. The lowest BCUT2D eigenvalue weighted by Gasteiger charge is -2.12. The molecular formula is C26H25N3O. The standard InChI is InChI=1S/C26H25N3O/c1-20-7-2-3-8-22(20)15-17-27-26(30)25-10-5-4-9-24(25)23-13-11-21(12-14-23)19-29-18-6-16-28-29/h2-14,16,18H,15,17,19H2,1H3,(H,27,30). The van der Waals surface area contributed by atoms with Crippen LogP contribution in [-0.2, 0) is 13.0 Å². The van der Waals surface area contributed by atoms with Crippen LogP contribution in [0.1, 0.15) is 27.0 Å². The molecule has 3 aromatic carbocycles. The van der Waals surface area contributed by atoms with E-state index in [1.165, 1.54) is 16.7 Å². The molecule has 0 fully saturated rings. The van der Waals surface area contributed by atoms with Gasteiger partial charge in [-0.05, 0) is 53.3 Å². The summed E-state index contributed by atoms with van der Waals surface area (Å²) < 4.78 is 1.89. The molecule has 0 unspecified atom stereocenters. The summed E-state index contributed by atoms with van der Waals surface area (Å²) in [6, 6.07) is 26.3. The highest BCUT2D eigenvalue weighted by Gasteiger charge is 2.12. The fourth-order valence-corrected chi connectivity index (χ4v) is 3.60. The van der Waals surface area contributed by atoms with Gasteiger partial charge >= 0.3 is 0 Å². The first-order valence-electron chi connectivity index (χ1n) is 10.2. The fraction of sp³-hybridized carbons (Fsp3) is 0.154. The summed E-state index contributed by atoms with van der Waals surface area (Å²) in [7, 11) is 0. The Morgan fingerprint density at radius 1 is 0.933 bits per heavy atom. The predicted molar refractivity (Wildman–Crippen MR) is 120 cm³/mol. The van der Waals surface area contributed by atoms with E-state index < -0.39 is 0 Å². The molecule has 4 nitrogen and oxygen atoms in total. The number of amides is 1. The van der Waals surface area contributed by atoms with Crippen LogP contribution in [0.5, 0.6) is 0 Å². The Morgan fingerprint density at radius 2 is 1.70 bits per heavy atom. The summed E-state index contributed by atoms with van der Waals surface area (Å²) in [5.41, 5.74) is 6.35. The fourth-order valence-electron chi connectivity index (χ4n) is 3.60. The Labute approximate surface area is 177 Å². The molecule has 0 spiro atoms. The summed E-state index contributed by atoms with van der Waals surface area (Å²) in [5, 5.41) is 7.32. The first kappa shape index (κ1) is 19.6. The molecule has 30 heavy (non-hydrogen) atoms. The van der Waals surface area contributed by atoms with Crippen molar-refractivity contribution in [3.8, 4) is 11.1 Å². The summed E-state index contributed by atoms with van der Waals surface area (Å²) in [6.07, 6.45) is 4.55. The van der Waals surface area contributed by atoms with Crippen LogP contribution in [0.2, 0.25) is 0 Å². The van der Waals surface area contributed by atoms with Crippen LogP contribution in [0, 0.1) is 6.92 Å². The number of hydrogen-bond acceptors (Lipinski definition) is 2. The molecule has 0 aliphatic carbocycles. The van der Waals surface area contributed by atoms with E-state index in [0.29, 0.717) is 12.1 Å². The van der Waals surface area contributed by atoms with Crippen molar-refractivity contribution >= 4 is 5.91 Å². The largest absolute Gasteiger partial charge is 0.352 e. The smallest absolute Gasteiger partial charge is 0.251 e. The number of aromatic nitrogens is 2. The van der Waals surface area contributed by atoms with E-state index in [1.54, 1.807) is 6.20 Å². The quantitative estimate of drug-likeness (QED) is 0.485. The molecule has 0 bridgehead atoms. The molecule has 1 heterocycles. The van der Waals surface area contributed by atoms with Gasteiger partial charge < -0.3 is 5.32 Å². The van der Waals surface area contributed by atoms with Gasteiger partial charge in [-0.1, -0.05) is 66.7 Å². The van der Waals surface area contributed by atoms with Gasteiger partial charge in [0.25, 0.3) is 5.91 Å². The normalized spacial score (nSPS) is 10.7. The van der Waals surface area contributed by atoms with Gasteiger partial charge in [0, 0.05) is 24.5 Å². The minimum Gasteiger partial charge on any atom is -0.352 e. The number of hydrogen-bond donors (Lipinski definition) is 1. The highest BCUT2D eigenvalue weighted by Crippen LogP contribution is 2.24. The van der Waals surface area contributed by atoms with Gasteiger partial charge in [0.05, 0.1) is 6.54 Å². The van der Waals surface area contributed by atoms with Crippen LogP contribution >= 0.6 is 0 Å². The molecule has 0 saturated heterocycles. The monoisotopic (exact) mass is 395 g/mol. The number of carbonyl (C=O) groups is 1. The number of rotatable bonds is 7. The van der Waals surface area contributed by atoms with Crippen molar-refractivity contribution in [3.05, 3.63) is 114 Å². The van der Waals surface area contributed by atoms with E-state index in [-0.39, 0.29) is 5.91 Å². The average molecular weight is 396 g/mol. The zero-order chi connectivity index (χ0) is 20.8. The first-order valence-corrected chi connectivity index (χ1v) is 10.2. The number of carbonyl (C=O) groups excluding carboxylic acids is 1. The Morgan fingerprint density at radius 3 is 2.47 bits per heavy atom. The van der Waals surface area contributed by atoms with Crippen LogP contribution in [0.25, 0.3) is 11.1 Å². The second-order valence-corrected chi connectivity index (χ2v) is 7.38. The number of aryl methyl sites for hydroxylation is 1. The van der Waals surface area contributed by atoms with E-state index in [4.69, 9.17) is 0 Å². The average Bonchev–Trinajstić information content (AvgIpc) is 3.29. The Balaban J connectivity index is 1.45. The van der Waals surface area contributed by atoms with Crippen molar-refractivity contribution in [3.63, 3.8) is 0 Å². The predicted octanol–water partition coefficient (Wildman–Crippen LogP) is 4.88. The van der Waals surface area contributed by atoms with Crippen molar-refractivity contribution in [2.24, 2.45) is 0 Å². The molecule has 4 rings (SSSR count). The van der Waals surface area contributed by atoms with Crippen LogP contribution in [0.3, 0.4) is 0 Å². The van der Waals surface area contributed by atoms with E-state index in [9.17, 15) is 4.79 Å². The van der Waals surface area contributed by atoms with Crippen molar-refractivity contribution in [1.82, 2.24) is 15.1 Å². The van der Waals surface area contributed by atoms with Crippen molar-refractivity contribution in [2.75, 3.05) is 6.54 Å². The van der Waals surface area contributed by atoms with Gasteiger partial charge in [0.15, 0.2) is 0 Å². The maximum atomic E-state index is 12.9. The minimum absolute atomic E-state index is 0.0419. The molecule has 1 amide bonds. The summed E-state index contributed by atoms with van der Waals surface area (Å²) in [4.78, 5) is 12.9. The number of benzene rings is 3. The third kappa shape index (κ3) is 4.66. The second kappa shape index (κ2) is 9.23.